The summed E-state index contributed by atoms with van der Waals surface area (Å²) in [6.45, 7) is 9.04. The molecule has 136 valence electrons. The second-order valence-electron chi connectivity index (χ2n) is 6.51. The Morgan fingerprint density at radius 1 is 1.24 bits per heavy atom. The molecular weight excluding hydrogens is 312 g/mol. The molecule has 25 heavy (non-hydrogen) atoms. The van der Waals surface area contributed by atoms with Crippen LogP contribution in [0.15, 0.2) is 42.0 Å². The Hall–Kier alpha value is -2.37. The second kappa shape index (κ2) is 10.5. The van der Waals surface area contributed by atoms with Crippen LogP contribution in [-0.4, -0.2) is 33.6 Å². The van der Waals surface area contributed by atoms with E-state index in [1.165, 1.54) is 19.3 Å². The van der Waals surface area contributed by atoms with Gasteiger partial charge in [0.1, 0.15) is 12.1 Å². The SMILES string of the molecule is CCNC(=NCc1ccc(-n2ccnc2)nc1)NCCCCC(C)C. The van der Waals surface area contributed by atoms with Crippen molar-refractivity contribution in [3.05, 3.63) is 42.6 Å². The lowest BCUT2D eigenvalue weighted by molar-refractivity contribution is 0.534. The Bertz CT molecular complexity index is 616. The van der Waals surface area contributed by atoms with Crippen LogP contribution in [0.4, 0.5) is 0 Å². The van der Waals surface area contributed by atoms with Gasteiger partial charge in [-0.2, -0.15) is 0 Å². The normalized spacial score (nSPS) is 11.8. The number of rotatable bonds is 9. The van der Waals surface area contributed by atoms with Gasteiger partial charge in [-0.15, -0.1) is 0 Å². The summed E-state index contributed by atoms with van der Waals surface area (Å²) in [5.74, 6) is 2.51. The van der Waals surface area contributed by atoms with Gasteiger partial charge in [0, 0.05) is 31.7 Å². The van der Waals surface area contributed by atoms with E-state index in [9.17, 15) is 0 Å². The minimum Gasteiger partial charge on any atom is -0.357 e. The van der Waals surface area contributed by atoms with Crippen LogP contribution in [0.25, 0.3) is 5.82 Å². The van der Waals surface area contributed by atoms with Crippen molar-refractivity contribution in [3.8, 4) is 5.82 Å². The van der Waals surface area contributed by atoms with E-state index in [2.05, 4.69) is 52.4 Å². The predicted molar refractivity (Wildman–Crippen MR) is 103 cm³/mol. The molecule has 0 atom stereocenters. The van der Waals surface area contributed by atoms with Crippen LogP contribution in [0.2, 0.25) is 0 Å². The maximum atomic E-state index is 4.64. The van der Waals surface area contributed by atoms with Crippen molar-refractivity contribution in [3.63, 3.8) is 0 Å². The topological polar surface area (TPSA) is 67.1 Å². The van der Waals surface area contributed by atoms with E-state index >= 15 is 0 Å². The third kappa shape index (κ3) is 6.95. The highest BCUT2D eigenvalue weighted by Gasteiger charge is 2.00. The van der Waals surface area contributed by atoms with Crippen molar-refractivity contribution in [2.45, 2.75) is 46.6 Å². The van der Waals surface area contributed by atoms with Gasteiger partial charge in [-0.3, -0.25) is 4.57 Å². The first-order chi connectivity index (χ1) is 12.2. The molecule has 2 aromatic heterocycles. The average molecular weight is 342 g/mol. The Balaban J connectivity index is 1.83. The highest BCUT2D eigenvalue weighted by molar-refractivity contribution is 5.79. The summed E-state index contributed by atoms with van der Waals surface area (Å²) >= 11 is 0. The van der Waals surface area contributed by atoms with Crippen molar-refractivity contribution in [1.29, 1.82) is 0 Å². The number of imidazole rings is 1. The lowest BCUT2D eigenvalue weighted by atomic mass is 10.1. The molecule has 0 aliphatic carbocycles. The van der Waals surface area contributed by atoms with Gasteiger partial charge in [0.05, 0.1) is 6.54 Å². The second-order valence-corrected chi connectivity index (χ2v) is 6.51. The van der Waals surface area contributed by atoms with Crippen LogP contribution in [0.5, 0.6) is 0 Å². The number of guanidine groups is 1. The molecule has 0 saturated heterocycles. The molecule has 0 aliphatic rings. The zero-order valence-corrected chi connectivity index (χ0v) is 15.6. The molecule has 0 unspecified atom stereocenters. The molecule has 0 amide bonds. The fourth-order valence-electron chi connectivity index (χ4n) is 2.45. The third-order valence-corrected chi connectivity index (χ3v) is 3.84. The smallest absolute Gasteiger partial charge is 0.191 e. The quantitative estimate of drug-likeness (QED) is 0.417. The minimum atomic E-state index is 0.610. The van der Waals surface area contributed by atoms with Crippen LogP contribution in [-0.2, 0) is 6.54 Å². The van der Waals surface area contributed by atoms with Gasteiger partial charge < -0.3 is 10.6 Å². The van der Waals surface area contributed by atoms with Gasteiger partial charge in [0.2, 0.25) is 0 Å². The predicted octanol–water partition coefficient (Wildman–Crippen LogP) is 3.15. The highest BCUT2D eigenvalue weighted by Crippen LogP contribution is 2.07. The third-order valence-electron chi connectivity index (χ3n) is 3.84. The molecule has 0 fully saturated rings. The number of hydrogen-bond acceptors (Lipinski definition) is 3. The summed E-state index contributed by atoms with van der Waals surface area (Å²) in [4.78, 5) is 13.1. The molecule has 2 aromatic rings. The summed E-state index contributed by atoms with van der Waals surface area (Å²) < 4.78 is 1.88. The number of aromatic nitrogens is 3. The highest BCUT2D eigenvalue weighted by atomic mass is 15.2. The van der Waals surface area contributed by atoms with E-state index < -0.39 is 0 Å². The van der Waals surface area contributed by atoms with E-state index in [-0.39, 0.29) is 0 Å². The molecule has 6 heteroatoms. The van der Waals surface area contributed by atoms with Gasteiger partial charge in [-0.1, -0.05) is 32.8 Å². The van der Waals surface area contributed by atoms with E-state index in [1.807, 2.05) is 23.0 Å². The largest absolute Gasteiger partial charge is 0.357 e. The van der Waals surface area contributed by atoms with Crippen LogP contribution in [0.1, 0.15) is 45.6 Å². The molecule has 0 aromatic carbocycles. The molecule has 2 rings (SSSR count). The van der Waals surface area contributed by atoms with Crippen LogP contribution < -0.4 is 10.6 Å². The molecule has 0 spiro atoms. The first-order valence-electron chi connectivity index (χ1n) is 9.14. The van der Waals surface area contributed by atoms with Crippen molar-refractivity contribution in [2.24, 2.45) is 10.9 Å². The van der Waals surface area contributed by atoms with E-state index in [4.69, 9.17) is 0 Å². The molecule has 0 aliphatic heterocycles. The molecule has 0 bridgehead atoms. The van der Waals surface area contributed by atoms with E-state index in [0.717, 1.165) is 36.3 Å². The number of hydrogen-bond donors (Lipinski definition) is 2. The number of nitrogens with zero attached hydrogens (tertiary/aromatic N) is 4. The molecule has 6 nitrogen and oxygen atoms in total. The summed E-state index contributed by atoms with van der Waals surface area (Å²) in [7, 11) is 0. The van der Waals surface area contributed by atoms with Gasteiger partial charge >= 0.3 is 0 Å². The number of pyridine rings is 1. The number of nitrogens with one attached hydrogen (secondary N) is 2. The van der Waals surface area contributed by atoms with Crippen LogP contribution in [0.3, 0.4) is 0 Å². The summed E-state index contributed by atoms with van der Waals surface area (Å²) in [5, 5.41) is 6.70. The van der Waals surface area contributed by atoms with E-state index in [0.29, 0.717) is 6.54 Å². The lowest BCUT2D eigenvalue weighted by Crippen LogP contribution is -2.37. The van der Waals surface area contributed by atoms with Crippen molar-refractivity contribution in [1.82, 2.24) is 25.2 Å². The van der Waals surface area contributed by atoms with Gasteiger partial charge in [-0.25, -0.2) is 15.0 Å². The minimum absolute atomic E-state index is 0.610. The van der Waals surface area contributed by atoms with Crippen LogP contribution in [0, 0.1) is 5.92 Å². The first-order valence-corrected chi connectivity index (χ1v) is 9.14. The van der Waals surface area contributed by atoms with E-state index in [1.54, 1.807) is 12.5 Å². The van der Waals surface area contributed by atoms with Gasteiger partial charge in [0.15, 0.2) is 5.96 Å². The molecular formula is C19H30N6. The number of unbranched alkanes of at least 4 members (excludes halogenated alkanes) is 1. The molecule has 0 radical (unpaired) electrons. The zero-order valence-electron chi connectivity index (χ0n) is 15.6. The Morgan fingerprint density at radius 2 is 2.12 bits per heavy atom. The van der Waals surface area contributed by atoms with Gasteiger partial charge in [0.25, 0.3) is 0 Å². The van der Waals surface area contributed by atoms with Gasteiger partial charge in [-0.05, 0) is 30.9 Å². The fourth-order valence-corrected chi connectivity index (χ4v) is 2.45. The molecule has 0 saturated carbocycles. The first kappa shape index (κ1) is 19.0. The van der Waals surface area contributed by atoms with Crippen molar-refractivity contribution >= 4 is 5.96 Å². The molecule has 2 N–H and O–H groups in total. The monoisotopic (exact) mass is 342 g/mol. The average Bonchev–Trinajstić information content (AvgIpc) is 3.14. The Kier molecular flexibility index (Phi) is 7.95. The fraction of sp³-hybridized carbons (Fsp3) is 0.526. The Labute approximate surface area is 150 Å². The van der Waals surface area contributed by atoms with Crippen molar-refractivity contribution < 1.29 is 0 Å². The van der Waals surface area contributed by atoms with Crippen LogP contribution >= 0.6 is 0 Å². The lowest BCUT2D eigenvalue weighted by Gasteiger charge is -2.11. The van der Waals surface area contributed by atoms with Crippen molar-refractivity contribution in [2.75, 3.05) is 13.1 Å². The summed E-state index contributed by atoms with van der Waals surface area (Å²) in [6.07, 6.45) is 10.9. The summed E-state index contributed by atoms with van der Waals surface area (Å²) in [6, 6.07) is 4.04. The maximum Gasteiger partial charge on any atom is 0.191 e. The standard InChI is InChI=1S/C19H30N6/c1-4-21-19(22-10-6-5-7-16(2)3)24-14-17-8-9-18(23-13-17)25-12-11-20-15-25/h8-9,11-13,15-16H,4-7,10,14H2,1-3H3,(H2,21,22,24). The zero-order chi connectivity index (χ0) is 17.9. The summed E-state index contributed by atoms with van der Waals surface area (Å²) in [5.41, 5.74) is 1.08. The molecule has 2 heterocycles. The maximum absolute atomic E-state index is 4.64. The Morgan fingerprint density at radius 3 is 2.76 bits per heavy atom. The number of aliphatic imine (C=N–C) groups is 1.